The predicted molar refractivity (Wildman–Crippen MR) is 70.0 cm³/mol. The number of anilines is 1. The number of hydrogen-bond acceptors (Lipinski definition) is 2. The summed E-state index contributed by atoms with van der Waals surface area (Å²) >= 11 is 6.00. The maximum atomic E-state index is 12.1. The number of halogens is 1. The molecule has 3 nitrogen and oxygen atoms in total. The fourth-order valence-electron chi connectivity index (χ4n) is 2.27. The molecule has 2 unspecified atom stereocenters. The Morgan fingerprint density at radius 2 is 2.00 bits per heavy atom. The van der Waals surface area contributed by atoms with Crippen LogP contribution in [0.15, 0.2) is 24.3 Å². The van der Waals surface area contributed by atoms with E-state index in [1.807, 2.05) is 12.1 Å². The third kappa shape index (κ3) is 2.99. The van der Waals surface area contributed by atoms with Gasteiger partial charge in [-0.05, 0) is 25.0 Å². The zero-order chi connectivity index (χ0) is 12.3. The van der Waals surface area contributed by atoms with Crippen LogP contribution in [0.1, 0.15) is 25.7 Å². The molecule has 2 atom stereocenters. The molecule has 0 heterocycles. The summed E-state index contributed by atoms with van der Waals surface area (Å²) in [5, 5.41) is 3.42. The standard InChI is InChI=1S/C13H17ClN2O/c14-10-6-2-4-8-12(10)16-13(17)9-5-1-3-7-11(9)15/h2,4,6,8-9,11H,1,3,5,7,15H2,(H,16,17). The van der Waals surface area contributed by atoms with Gasteiger partial charge in [0.15, 0.2) is 0 Å². The zero-order valence-corrected chi connectivity index (χ0v) is 10.4. The molecule has 0 radical (unpaired) electrons. The van der Waals surface area contributed by atoms with Crippen LogP contribution in [0, 0.1) is 5.92 Å². The van der Waals surface area contributed by atoms with Crippen molar-refractivity contribution in [3.05, 3.63) is 29.3 Å². The van der Waals surface area contributed by atoms with E-state index in [0.717, 1.165) is 25.7 Å². The maximum Gasteiger partial charge on any atom is 0.229 e. The highest BCUT2D eigenvalue weighted by atomic mass is 35.5. The minimum atomic E-state index is -0.0833. The lowest BCUT2D eigenvalue weighted by Crippen LogP contribution is -2.40. The molecule has 1 fully saturated rings. The summed E-state index contributed by atoms with van der Waals surface area (Å²) in [5.74, 6) is -0.0923. The summed E-state index contributed by atoms with van der Waals surface area (Å²) in [6.07, 6.45) is 4.00. The van der Waals surface area contributed by atoms with E-state index < -0.39 is 0 Å². The lowest BCUT2D eigenvalue weighted by atomic mass is 9.84. The summed E-state index contributed by atoms with van der Waals surface area (Å²) < 4.78 is 0. The molecule has 1 aromatic carbocycles. The molecule has 4 heteroatoms. The predicted octanol–water partition coefficient (Wildman–Crippen LogP) is 2.80. The molecule has 1 saturated carbocycles. The maximum absolute atomic E-state index is 12.1. The second-order valence-corrected chi connectivity index (χ2v) is 4.93. The van der Waals surface area contributed by atoms with Crippen molar-refractivity contribution in [3.8, 4) is 0 Å². The van der Waals surface area contributed by atoms with Gasteiger partial charge in [0.2, 0.25) is 5.91 Å². The van der Waals surface area contributed by atoms with Crippen molar-refractivity contribution >= 4 is 23.2 Å². The van der Waals surface area contributed by atoms with Crippen molar-refractivity contribution in [1.82, 2.24) is 0 Å². The van der Waals surface area contributed by atoms with E-state index in [-0.39, 0.29) is 17.9 Å². The number of benzene rings is 1. The van der Waals surface area contributed by atoms with Gasteiger partial charge in [-0.2, -0.15) is 0 Å². The number of nitrogens with two attached hydrogens (primary N) is 1. The molecule has 0 saturated heterocycles. The topological polar surface area (TPSA) is 55.1 Å². The SMILES string of the molecule is NC1CCCCC1C(=O)Nc1ccccc1Cl. The minimum Gasteiger partial charge on any atom is -0.327 e. The van der Waals surface area contributed by atoms with E-state index in [1.54, 1.807) is 12.1 Å². The van der Waals surface area contributed by atoms with E-state index in [1.165, 1.54) is 0 Å². The number of carbonyl (C=O) groups excluding carboxylic acids is 1. The fourth-order valence-corrected chi connectivity index (χ4v) is 2.46. The highest BCUT2D eigenvalue weighted by Gasteiger charge is 2.28. The van der Waals surface area contributed by atoms with Crippen molar-refractivity contribution in [1.29, 1.82) is 0 Å². The molecule has 92 valence electrons. The first kappa shape index (κ1) is 12.4. The second kappa shape index (κ2) is 5.52. The van der Waals surface area contributed by atoms with Gasteiger partial charge < -0.3 is 11.1 Å². The highest BCUT2D eigenvalue weighted by Crippen LogP contribution is 2.26. The monoisotopic (exact) mass is 252 g/mol. The Morgan fingerprint density at radius 3 is 2.71 bits per heavy atom. The minimum absolute atomic E-state index is 0.00898. The molecule has 2 rings (SSSR count). The second-order valence-electron chi connectivity index (χ2n) is 4.52. The largest absolute Gasteiger partial charge is 0.327 e. The van der Waals surface area contributed by atoms with Crippen LogP contribution in [-0.2, 0) is 4.79 Å². The molecular formula is C13H17ClN2O. The Bertz CT molecular complexity index is 408. The van der Waals surface area contributed by atoms with Gasteiger partial charge >= 0.3 is 0 Å². The lowest BCUT2D eigenvalue weighted by Gasteiger charge is -2.27. The average Bonchev–Trinajstić information content (AvgIpc) is 2.32. The molecule has 0 spiro atoms. The molecule has 0 aromatic heterocycles. The number of rotatable bonds is 2. The molecule has 1 amide bonds. The number of nitrogens with one attached hydrogen (secondary N) is 1. The molecule has 0 aliphatic heterocycles. The van der Waals surface area contributed by atoms with Gasteiger partial charge in [0.25, 0.3) is 0 Å². The van der Waals surface area contributed by atoms with Crippen LogP contribution in [0.5, 0.6) is 0 Å². The number of amides is 1. The average molecular weight is 253 g/mol. The van der Waals surface area contributed by atoms with Crippen molar-refractivity contribution in [2.75, 3.05) is 5.32 Å². The smallest absolute Gasteiger partial charge is 0.229 e. The van der Waals surface area contributed by atoms with Crippen LogP contribution in [0.3, 0.4) is 0 Å². The van der Waals surface area contributed by atoms with Crippen LogP contribution in [-0.4, -0.2) is 11.9 Å². The Kier molecular flexibility index (Phi) is 4.02. The van der Waals surface area contributed by atoms with Gasteiger partial charge in [0.1, 0.15) is 0 Å². The van der Waals surface area contributed by atoms with Gasteiger partial charge in [-0.25, -0.2) is 0 Å². The van der Waals surface area contributed by atoms with Crippen LogP contribution < -0.4 is 11.1 Å². The van der Waals surface area contributed by atoms with Crippen LogP contribution in [0.25, 0.3) is 0 Å². The van der Waals surface area contributed by atoms with E-state index >= 15 is 0 Å². The Morgan fingerprint density at radius 1 is 1.29 bits per heavy atom. The van der Waals surface area contributed by atoms with Gasteiger partial charge in [-0.3, -0.25) is 4.79 Å². The van der Waals surface area contributed by atoms with Crippen LogP contribution in [0.2, 0.25) is 5.02 Å². The van der Waals surface area contributed by atoms with E-state index in [9.17, 15) is 4.79 Å². The fraction of sp³-hybridized carbons (Fsp3) is 0.462. The number of carbonyl (C=O) groups is 1. The van der Waals surface area contributed by atoms with Crippen molar-refractivity contribution in [2.24, 2.45) is 11.7 Å². The first-order chi connectivity index (χ1) is 8.18. The molecule has 1 aliphatic rings. The summed E-state index contributed by atoms with van der Waals surface area (Å²) in [6.45, 7) is 0. The van der Waals surface area contributed by atoms with Crippen LogP contribution in [0.4, 0.5) is 5.69 Å². The van der Waals surface area contributed by atoms with Gasteiger partial charge in [-0.1, -0.05) is 36.6 Å². The van der Waals surface area contributed by atoms with Gasteiger partial charge in [0, 0.05) is 6.04 Å². The first-order valence-electron chi connectivity index (χ1n) is 5.99. The molecule has 1 aliphatic carbocycles. The Hall–Kier alpha value is -1.06. The third-order valence-electron chi connectivity index (χ3n) is 3.29. The molecular weight excluding hydrogens is 236 g/mol. The molecule has 3 N–H and O–H groups in total. The van der Waals surface area contributed by atoms with Crippen LogP contribution >= 0.6 is 11.6 Å². The van der Waals surface area contributed by atoms with Gasteiger partial charge in [-0.15, -0.1) is 0 Å². The number of hydrogen-bond donors (Lipinski definition) is 2. The number of para-hydroxylation sites is 1. The normalized spacial score (nSPS) is 24.4. The van der Waals surface area contributed by atoms with Gasteiger partial charge in [0.05, 0.1) is 16.6 Å². The summed E-state index contributed by atoms with van der Waals surface area (Å²) in [7, 11) is 0. The van der Waals surface area contributed by atoms with Crippen molar-refractivity contribution in [3.63, 3.8) is 0 Å². The van der Waals surface area contributed by atoms with E-state index in [4.69, 9.17) is 17.3 Å². The third-order valence-corrected chi connectivity index (χ3v) is 3.62. The Labute approximate surface area is 106 Å². The van der Waals surface area contributed by atoms with Crippen molar-refractivity contribution < 1.29 is 4.79 Å². The zero-order valence-electron chi connectivity index (χ0n) is 9.66. The quantitative estimate of drug-likeness (QED) is 0.850. The summed E-state index contributed by atoms with van der Waals surface area (Å²) in [4.78, 5) is 12.1. The van der Waals surface area contributed by atoms with Crippen molar-refractivity contribution in [2.45, 2.75) is 31.7 Å². The summed E-state index contributed by atoms with van der Waals surface area (Å²) in [5.41, 5.74) is 6.64. The highest BCUT2D eigenvalue weighted by molar-refractivity contribution is 6.33. The molecule has 1 aromatic rings. The first-order valence-corrected chi connectivity index (χ1v) is 6.37. The summed E-state index contributed by atoms with van der Waals surface area (Å²) in [6, 6.07) is 7.23. The lowest BCUT2D eigenvalue weighted by molar-refractivity contribution is -0.121. The van der Waals surface area contributed by atoms with E-state index in [0.29, 0.717) is 10.7 Å². The Balaban J connectivity index is 2.03. The molecule has 17 heavy (non-hydrogen) atoms. The molecule has 0 bridgehead atoms. The van der Waals surface area contributed by atoms with E-state index in [2.05, 4.69) is 5.32 Å².